The Balaban J connectivity index is 1.98. The molecule has 4 N–H and O–H groups in total. The van der Waals surface area contributed by atoms with Gasteiger partial charge in [0.2, 0.25) is 15.9 Å². The fourth-order valence-corrected chi connectivity index (χ4v) is 5.26. The first-order valence-electron chi connectivity index (χ1n) is 8.27. The van der Waals surface area contributed by atoms with Crippen LogP contribution in [0, 0.1) is 0 Å². The van der Waals surface area contributed by atoms with E-state index in [1.807, 2.05) is 0 Å². The molecule has 2 amide bonds. The second kappa shape index (κ2) is 7.45. The van der Waals surface area contributed by atoms with Crippen molar-refractivity contribution in [3.8, 4) is 0 Å². The van der Waals surface area contributed by atoms with E-state index in [-0.39, 0.29) is 23.0 Å². The number of fused-ring (bicyclic) bond motifs is 1. The quantitative estimate of drug-likeness (QED) is 0.591. The fourth-order valence-electron chi connectivity index (χ4n) is 3.27. The van der Waals surface area contributed by atoms with Gasteiger partial charge in [0.25, 0.3) is 5.91 Å². The molecule has 144 valence electrons. The standard InChI is InChI=1S/C17H19BrN4O4S/c1-2-14(23)22-7-3-4-11(9-22)21-27(25,26)16-12-8-10(18)5-6-13(12)20-15(16)17(19)24/h2,5-6,8,11,20-21H,1,3-4,7,9H2,(H2,19,24)/t11-/m1/s1. The third kappa shape index (κ3) is 3.92. The Morgan fingerprint density at radius 3 is 2.81 bits per heavy atom. The highest BCUT2D eigenvalue weighted by Crippen LogP contribution is 2.30. The zero-order valence-electron chi connectivity index (χ0n) is 14.4. The van der Waals surface area contributed by atoms with Crippen LogP contribution in [-0.4, -0.2) is 49.2 Å². The van der Waals surface area contributed by atoms with E-state index in [4.69, 9.17) is 5.73 Å². The van der Waals surface area contributed by atoms with Crippen LogP contribution in [0.5, 0.6) is 0 Å². The van der Waals surface area contributed by atoms with Gasteiger partial charge in [-0.15, -0.1) is 0 Å². The van der Waals surface area contributed by atoms with Gasteiger partial charge < -0.3 is 15.6 Å². The number of piperidine rings is 1. The minimum Gasteiger partial charge on any atom is -0.364 e. The summed E-state index contributed by atoms with van der Waals surface area (Å²) < 4.78 is 29.4. The lowest BCUT2D eigenvalue weighted by Crippen LogP contribution is -2.49. The van der Waals surface area contributed by atoms with E-state index in [0.717, 1.165) is 0 Å². The van der Waals surface area contributed by atoms with Crippen LogP contribution in [0.1, 0.15) is 23.3 Å². The molecule has 1 aromatic heterocycles. The summed E-state index contributed by atoms with van der Waals surface area (Å²) in [4.78, 5) is 27.8. The van der Waals surface area contributed by atoms with Gasteiger partial charge in [-0.1, -0.05) is 22.5 Å². The number of benzene rings is 1. The number of hydrogen-bond donors (Lipinski definition) is 3. The summed E-state index contributed by atoms with van der Waals surface area (Å²) in [6, 6.07) is 4.54. The monoisotopic (exact) mass is 454 g/mol. The van der Waals surface area contributed by atoms with E-state index in [9.17, 15) is 18.0 Å². The maximum absolute atomic E-state index is 13.1. The van der Waals surface area contributed by atoms with Gasteiger partial charge in [0.1, 0.15) is 10.6 Å². The minimum absolute atomic E-state index is 0.176. The molecule has 2 heterocycles. The van der Waals surface area contributed by atoms with Crippen molar-refractivity contribution in [2.24, 2.45) is 5.73 Å². The Hall–Kier alpha value is -2.17. The Morgan fingerprint density at radius 2 is 2.15 bits per heavy atom. The average Bonchev–Trinajstić information content (AvgIpc) is 3.00. The number of carbonyl (C=O) groups is 2. The summed E-state index contributed by atoms with van der Waals surface area (Å²) in [5.74, 6) is -1.11. The van der Waals surface area contributed by atoms with Gasteiger partial charge in [-0.2, -0.15) is 0 Å². The molecular weight excluding hydrogens is 436 g/mol. The van der Waals surface area contributed by atoms with Gasteiger partial charge in [-0.3, -0.25) is 9.59 Å². The van der Waals surface area contributed by atoms with Crippen molar-refractivity contribution >= 4 is 48.7 Å². The van der Waals surface area contributed by atoms with Crippen LogP contribution in [0.2, 0.25) is 0 Å². The molecule has 0 aliphatic carbocycles. The number of nitrogens with zero attached hydrogens (tertiary/aromatic N) is 1. The number of amides is 2. The number of halogens is 1. The fraction of sp³-hybridized carbons (Fsp3) is 0.294. The number of aromatic amines is 1. The molecule has 1 aromatic carbocycles. The third-order valence-corrected chi connectivity index (χ3v) is 6.56. The molecule has 1 fully saturated rings. The van der Waals surface area contributed by atoms with E-state index < -0.39 is 22.0 Å². The molecule has 0 unspecified atom stereocenters. The Bertz CT molecular complexity index is 1030. The Morgan fingerprint density at radius 1 is 1.41 bits per heavy atom. The second-order valence-corrected chi connectivity index (χ2v) is 8.90. The van der Waals surface area contributed by atoms with Gasteiger partial charge in [-0.05, 0) is 37.1 Å². The maximum atomic E-state index is 13.1. The number of nitrogens with two attached hydrogens (primary N) is 1. The largest absolute Gasteiger partial charge is 0.364 e. The van der Waals surface area contributed by atoms with Gasteiger partial charge in [0.15, 0.2) is 0 Å². The lowest BCUT2D eigenvalue weighted by Gasteiger charge is -2.32. The van der Waals surface area contributed by atoms with Gasteiger partial charge in [-0.25, -0.2) is 13.1 Å². The van der Waals surface area contributed by atoms with Crippen LogP contribution in [-0.2, 0) is 14.8 Å². The number of carbonyl (C=O) groups excluding carboxylic acids is 2. The molecule has 27 heavy (non-hydrogen) atoms. The molecule has 0 radical (unpaired) electrons. The van der Waals surface area contributed by atoms with Gasteiger partial charge in [0.05, 0.1) is 0 Å². The predicted molar refractivity (Wildman–Crippen MR) is 105 cm³/mol. The van der Waals surface area contributed by atoms with Crippen LogP contribution < -0.4 is 10.5 Å². The Labute approximate surface area is 165 Å². The third-order valence-electron chi connectivity index (χ3n) is 4.46. The highest BCUT2D eigenvalue weighted by molar-refractivity contribution is 9.10. The van der Waals surface area contributed by atoms with E-state index in [0.29, 0.717) is 34.8 Å². The first-order valence-corrected chi connectivity index (χ1v) is 10.5. The molecule has 2 aromatic rings. The normalized spacial score (nSPS) is 17.8. The summed E-state index contributed by atoms with van der Waals surface area (Å²) in [7, 11) is -4.06. The smallest absolute Gasteiger partial charge is 0.266 e. The average molecular weight is 455 g/mol. The number of nitrogens with one attached hydrogen (secondary N) is 2. The van der Waals surface area contributed by atoms with E-state index in [1.165, 1.54) is 6.08 Å². The number of H-pyrrole nitrogens is 1. The zero-order valence-corrected chi connectivity index (χ0v) is 16.8. The molecule has 0 bridgehead atoms. The van der Waals surface area contributed by atoms with Crippen molar-refractivity contribution in [3.63, 3.8) is 0 Å². The van der Waals surface area contributed by atoms with Crippen LogP contribution in [0.25, 0.3) is 10.9 Å². The lowest BCUT2D eigenvalue weighted by molar-refractivity contribution is -0.127. The molecule has 0 saturated carbocycles. The SMILES string of the molecule is C=CC(=O)N1CCC[C@@H](NS(=O)(=O)c2c(C(N)=O)[nH]c3ccc(Br)cc23)C1. The lowest BCUT2D eigenvalue weighted by atomic mass is 10.1. The number of likely N-dealkylation sites (tertiary alicyclic amines) is 1. The van der Waals surface area contributed by atoms with Crippen molar-refractivity contribution in [2.75, 3.05) is 13.1 Å². The number of primary amides is 1. The molecule has 0 spiro atoms. The number of sulfonamides is 1. The van der Waals surface area contributed by atoms with Crippen LogP contribution in [0.15, 0.2) is 40.2 Å². The van der Waals surface area contributed by atoms with Crippen molar-refractivity contribution in [1.82, 2.24) is 14.6 Å². The Kier molecular flexibility index (Phi) is 5.41. The van der Waals surface area contributed by atoms with Crippen molar-refractivity contribution in [3.05, 3.63) is 41.0 Å². The van der Waals surface area contributed by atoms with Gasteiger partial charge >= 0.3 is 0 Å². The molecule has 1 aliphatic heterocycles. The van der Waals surface area contributed by atoms with Gasteiger partial charge in [0, 0.05) is 34.5 Å². The minimum atomic E-state index is -4.06. The van der Waals surface area contributed by atoms with Crippen LogP contribution in [0.4, 0.5) is 0 Å². The molecule has 1 saturated heterocycles. The molecule has 10 heteroatoms. The highest BCUT2D eigenvalue weighted by Gasteiger charge is 2.31. The van der Waals surface area contributed by atoms with Crippen LogP contribution >= 0.6 is 15.9 Å². The van der Waals surface area contributed by atoms with Crippen LogP contribution in [0.3, 0.4) is 0 Å². The van der Waals surface area contributed by atoms with Crippen molar-refractivity contribution in [2.45, 2.75) is 23.8 Å². The molecule has 1 atom stereocenters. The first kappa shape index (κ1) is 19.6. The van der Waals surface area contributed by atoms with E-state index in [1.54, 1.807) is 23.1 Å². The maximum Gasteiger partial charge on any atom is 0.266 e. The summed E-state index contributed by atoms with van der Waals surface area (Å²) in [5.41, 5.74) is 5.70. The zero-order chi connectivity index (χ0) is 19.8. The highest BCUT2D eigenvalue weighted by atomic mass is 79.9. The van der Waals surface area contributed by atoms with E-state index in [2.05, 4.69) is 32.2 Å². The summed E-state index contributed by atoms with van der Waals surface area (Å²) in [6.07, 6.45) is 2.45. The first-order chi connectivity index (χ1) is 12.7. The number of aromatic nitrogens is 1. The molecule has 8 nitrogen and oxygen atoms in total. The summed E-state index contributed by atoms with van der Waals surface area (Å²) in [6.45, 7) is 4.25. The predicted octanol–water partition coefficient (Wildman–Crippen LogP) is 1.48. The van der Waals surface area contributed by atoms with Crippen molar-refractivity contribution < 1.29 is 18.0 Å². The van der Waals surface area contributed by atoms with Crippen molar-refractivity contribution in [1.29, 1.82) is 0 Å². The summed E-state index contributed by atoms with van der Waals surface area (Å²) >= 11 is 3.31. The number of hydrogen-bond acceptors (Lipinski definition) is 4. The molecule has 1 aliphatic rings. The second-order valence-electron chi connectivity index (χ2n) is 6.33. The number of rotatable bonds is 5. The summed E-state index contributed by atoms with van der Waals surface area (Å²) in [5, 5.41) is 0.362. The molecular formula is C17H19BrN4O4S. The topological polar surface area (TPSA) is 125 Å². The van der Waals surface area contributed by atoms with E-state index >= 15 is 0 Å². The molecule has 3 rings (SSSR count).